The van der Waals surface area contributed by atoms with Crippen molar-refractivity contribution in [1.29, 1.82) is 0 Å². The Labute approximate surface area is 240 Å². The Morgan fingerprint density at radius 2 is 1.18 bits per heavy atom. The second-order valence-electron chi connectivity index (χ2n) is 7.88. The fraction of sp³-hybridized carbons (Fsp3) is 0.0714. The average Bonchev–Trinajstić information content (AvgIpc) is 2.91. The molecular formula is C28H25Cl3F2N4O2. The van der Waals surface area contributed by atoms with Crippen molar-refractivity contribution >= 4 is 57.3 Å². The summed E-state index contributed by atoms with van der Waals surface area (Å²) in [7, 11) is 0. The molecule has 4 aromatic carbocycles. The standard InChI is InChI=1S/C14H12ClFN2O.C7H4ClFO.C7H9ClN2/c1-9-6-7-10(15)8-13(9)17-18-14(19)11-4-2-3-5-12(11)16;8-7(10)5-3-1-2-4-6(5)9;1-5-2-3-6(8)4-7(5)10-9/h2-8,17H,1H3,(H,18,19);1-4H;2-4,10H,9H2,1H3. The number of hydrogen-bond acceptors (Lipinski definition) is 5. The molecule has 0 radical (unpaired) electrons. The SMILES string of the molecule is Cc1ccc(Cl)cc1NN.Cc1ccc(Cl)cc1NNC(=O)c1ccccc1F.O=C(Cl)c1ccccc1F. The van der Waals surface area contributed by atoms with Gasteiger partial charge in [-0.2, -0.15) is 0 Å². The zero-order valence-electron chi connectivity index (χ0n) is 20.9. The number of nitrogen functional groups attached to an aromatic ring is 1. The molecule has 39 heavy (non-hydrogen) atoms. The lowest BCUT2D eigenvalue weighted by molar-refractivity contribution is 0.0958. The third-order valence-corrected chi connectivity index (χ3v) is 5.74. The first-order chi connectivity index (χ1) is 18.5. The van der Waals surface area contributed by atoms with Gasteiger partial charge in [0.1, 0.15) is 11.6 Å². The molecule has 0 fully saturated rings. The quantitative estimate of drug-likeness (QED) is 0.108. The van der Waals surface area contributed by atoms with Crippen molar-refractivity contribution in [2.45, 2.75) is 13.8 Å². The Kier molecular flexibility index (Phi) is 12.7. The van der Waals surface area contributed by atoms with Crippen molar-refractivity contribution in [2.24, 2.45) is 5.84 Å². The molecule has 204 valence electrons. The van der Waals surface area contributed by atoms with E-state index in [1.165, 1.54) is 36.4 Å². The van der Waals surface area contributed by atoms with Crippen molar-refractivity contribution in [3.8, 4) is 0 Å². The third-order valence-electron chi connectivity index (χ3n) is 5.07. The first-order valence-electron chi connectivity index (χ1n) is 11.3. The number of benzene rings is 4. The van der Waals surface area contributed by atoms with E-state index in [1.54, 1.807) is 30.3 Å². The van der Waals surface area contributed by atoms with Crippen molar-refractivity contribution in [3.05, 3.63) is 129 Å². The second-order valence-corrected chi connectivity index (χ2v) is 9.09. The predicted octanol–water partition coefficient (Wildman–Crippen LogP) is 7.68. The van der Waals surface area contributed by atoms with E-state index in [9.17, 15) is 18.4 Å². The van der Waals surface area contributed by atoms with Gasteiger partial charge in [0.15, 0.2) is 0 Å². The number of amides is 1. The van der Waals surface area contributed by atoms with Gasteiger partial charge in [-0.15, -0.1) is 0 Å². The molecule has 0 spiro atoms. The van der Waals surface area contributed by atoms with Gasteiger partial charge in [-0.25, -0.2) is 8.78 Å². The van der Waals surface area contributed by atoms with E-state index in [-0.39, 0.29) is 11.1 Å². The number of carbonyl (C=O) groups excluding carboxylic acids is 2. The van der Waals surface area contributed by atoms with Crippen LogP contribution in [0, 0.1) is 25.5 Å². The first-order valence-corrected chi connectivity index (χ1v) is 12.4. The first kappa shape index (κ1) is 31.5. The summed E-state index contributed by atoms with van der Waals surface area (Å²) >= 11 is 16.6. The Hall–Kier alpha value is -3.69. The van der Waals surface area contributed by atoms with E-state index in [0.29, 0.717) is 15.7 Å². The lowest BCUT2D eigenvalue weighted by Gasteiger charge is -2.11. The van der Waals surface area contributed by atoms with Gasteiger partial charge in [0, 0.05) is 10.0 Å². The molecule has 0 heterocycles. The van der Waals surface area contributed by atoms with Crippen LogP contribution in [-0.4, -0.2) is 11.1 Å². The number of hydrogen-bond donors (Lipinski definition) is 4. The minimum atomic E-state index is -0.766. The van der Waals surface area contributed by atoms with Gasteiger partial charge in [0.25, 0.3) is 11.1 Å². The van der Waals surface area contributed by atoms with E-state index < -0.39 is 22.8 Å². The molecule has 11 heteroatoms. The number of aryl methyl sites for hydroxylation is 2. The summed E-state index contributed by atoms with van der Waals surface area (Å²) in [6.45, 7) is 3.83. The molecule has 0 aliphatic heterocycles. The van der Waals surface area contributed by atoms with Crippen molar-refractivity contribution in [3.63, 3.8) is 0 Å². The molecule has 4 rings (SSSR count). The third kappa shape index (κ3) is 10.2. The van der Waals surface area contributed by atoms with Crippen LogP contribution in [0.25, 0.3) is 0 Å². The van der Waals surface area contributed by atoms with E-state index >= 15 is 0 Å². The highest BCUT2D eigenvalue weighted by atomic mass is 35.5. The lowest BCUT2D eigenvalue weighted by atomic mass is 10.2. The van der Waals surface area contributed by atoms with E-state index in [2.05, 4.69) is 16.3 Å². The highest BCUT2D eigenvalue weighted by Crippen LogP contribution is 2.20. The maximum absolute atomic E-state index is 13.4. The number of nitrogens with one attached hydrogen (secondary N) is 3. The van der Waals surface area contributed by atoms with Gasteiger partial charge in [0.2, 0.25) is 0 Å². The fourth-order valence-corrected chi connectivity index (χ4v) is 3.43. The number of nitrogens with two attached hydrogens (primary N) is 1. The minimum absolute atomic E-state index is 0.0188. The molecular weight excluding hydrogens is 569 g/mol. The largest absolute Gasteiger partial charge is 0.324 e. The van der Waals surface area contributed by atoms with Gasteiger partial charge in [-0.3, -0.25) is 26.3 Å². The van der Waals surface area contributed by atoms with E-state index in [0.717, 1.165) is 16.8 Å². The summed E-state index contributed by atoms with van der Waals surface area (Å²) < 4.78 is 25.9. The zero-order chi connectivity index (χ0) is 28.9. The van der Waals surface area contributed by atoms with E-state index in [1.807, 2.05) is 32.0 Å². The van der Waals surface area contributed by atoms with Crippen LogP contribution < -0.4 is 22.1 Å². The Bertz CT molecular complexity index is 1440. The van der Waals surface area contributed by atoms with Crippen LogP contribution in [0.5, 0.6) is 0 Å². The molecule has 0 aromatic heterocycles. The van der Waals surface area contributed by atoms with Crippen LogP contribution in [-0.2, 0) is 0 Å². The zero-order valence-corrected chi connectivity index (χ0v) is 23.1. The Morgan fingerprint density at radius 3 is 1.62 bits per heavy atom. The number of anilines is 2. The summed E-state index contributed by atoms with van der Waals surface area (Å²) in [5, 5.41) is 0.477. The molecule has 1 amide bonds. The molecule has 0 unspecified atom stereocenters. The second kappa shape index (κ2) is 15.7. The Balaban J connectivity index is 0.000000225. The molecule has 0 atom stereocenters. The summed E-state index contributed by atoms with van der Waals surface area (Å²) in [5.41, 5.74) is 11.2. The Morgan fingerprint density at radius 1 is 0.718 bits per heavy atom. The number of hydrazine groups is 2. The topological polar surface area (TPSA) is 96.2 Å². The number of carbonyl (C=O) groups is 2. The van der Waals surface area contributed by atoms with Gasteiger partial charge in [-0.1, -0.05) is 59.6 Å². The molecule has 0 saturated heterocycles. The van der Waals surface area contributed by atoms with Crippen molar-refractivity contribution in [2.75, 3.05) is 10.9 Å². The smallest absolute Gasteiger partial charge is 0.272 e. The van der Waals surface area contributed by atoms with Gasteiger partial charge < -0.3 is 5.43 Å². The van der Waals surface area contributed by atoms with Crippen molar-refractivity contribution < 1.29 is 18.4 Å². The minimum Gasteiger partial charge on any atom is -0.324 e. The fourth-order valence-electron chi connectivity index (χ4n) is 2.94. The molecule has 4 aromatic rings. The van der Waals surface area contributed by atoms with Gasteiger partial charge in [-0.05, 0) is 85.1 Å². The number of rotatable bonds is 5. The highest BCUT2D eigenvalue weighted by molar-refractivity contribution is 6.67. The van der Waals surface area contributed by atoms with E-state index in [4.69, 9.17) is 40.6 Å². The highest BCUT2D eigenvalue weighted by Gasteiger charge is 2.10. The summed E-state index contributed by atoms with van der Waals surface area (Å²) in [6.07, 6.45) is 0. The molecule has 6 nitrogen and oxygen atoms in total. The normalized spacial score (nSPS) is 9.74. The summed E-state index contributed by atoms with van der Waals surface area (Å²) in [6, 6.07) is 22.1. The molecule has 5 N–H and O–H groups in total. The molecule has 0 aliphatic rings. The van der Waals surface area contributed by atoms with Crippen molar-refractivity contribution in [1.82, 2.24) is 5.43 Å². The van der Waals surface area contributed by atoms with Crippen LogP contribution in [0.2, 0.25) is 10.0 Å². The van der Waals surface area contributed by atoms with Crippen LogP contribution in [0.15, 0.2) is 84.9 Å². The van der Waals surface area contributed by atoms with Gasteiger partial charge >= 0.3 is 0 Å². The molecule has 0 aliphatic carbocycles. The maximum atomic E-state index is 13.4. The van der Waals surface area contributed by atoms with Crippen LogP contribution in [0.4, 0.5) is 20.2 Å². The average molecular weight is 594 g/mol. The molecule has 0 saturated carbocycles. The van der Waals surface area contributed by atoms with Crippen LogP contribution in [0.1, 0.15) is 31.8 Å². The van der Waals surface area contributed by atoms with Crippen LogP contribution >= 0.6 is 34.8 Å². The maximum Gasteiger partial charge on any atom is 0.272 e. The lowest BCUT2D eigenvalue weighted by Crippen LogP contribution is -2.30. The predicted molar refractivity (Wildman–Crippen MR) is 154 cm³/mol. The van der Waals surface area contributed by atoms with Crippen LogP contribution in [0.3, 0.4) is 0 Å². The monoisotopic (exact) mass is 592 g/mol. The molecule has 0 bridgehead atoms. The summed E-state index contributed by atoms with van der Waals surface area (Å²) in [4.78, 5) is 22.2. The van der Waals surface area contributed by atoms with Gasteiger partial charge in [0.05, 0.1) is 22.5 Å². The summed E-state index contributed by atoms with van der Waals surface area (Å²) in [5.74, 6) is 3.52. The number of halogens is 5.